The molecule has 0 atom stereocenters. The minimum atomic E-state index is -1.88. The molecule has 0 saturated carbocycles. The summed E-state index contributed by atoms with van der Waals surface area (Å²) in [6, 6.07) is 8.65. The fraction of sp³-hybridized carbons (Fsp3) is 0.222. The summed E-state index contributed by atoms with van der Waals surface area (Å²) in [5.74, 6) is 0.511. The molecule has 3 heteroatoms. The van der Waals surface area contributed by atoms with Crippen LogP contribution in [0.2, 0.25) is 8.97 Å². The van der Waals surface area contributed by atoms with Crippen LogP contribution in [0, 0.1) is 0 Å². The van der Waals surface area contributed by atoms with Gasteiger partial charge in [-0.05, 0) is 0 Å². The second-order valence-electron chi connectivity index (χ2n) is 2.81. The van der Waals surface area contributed by atoms with Gasteiger partial charge in [0, 0.05) is 0 Å². The number of hydrogen-bond donors (Lipinski definition) is 0. The predicted molar refractivity (Wildman–Crippen MR) is 50.8 cm³/mol. The molecule has 1 aromatic carbocycles. The van der Waals surface area contributed by atoms with Gasteiger partial charge < -0.3 is 0 Å². The number of hydrogen-bond acceptors (Lipinski definition) is 2. The molecule has 62 valence electrons. The average Bonchev–Trinajstić information content (AvgIpc) is 2.16. The molecule has 0 heterocycles. The van der Waals surface area contributed by atoms with Crippen molar-refractivity contribution in [3.8, 4) is 5.75 Å². The van der Waals surface area contributed by atoms with Gasteiger partial charge in [0.15, 0.2) is 0 Å². The van der Waals surface area contributed by atoms with Crippen molar-refractivity contribution >= 4 is 23.2 Å². The Balaban J connectivity index is 3.01. The first-order valence-corrected chi connectivity index (χ1v) is 14.8. The maximum absolute atomic E-state index is 11.3. The molecule has 0 saturated heterocycles. The topological polar surface area (TPSA) is 26.3 Å². The van der Waals surface area contributed by atoms with Gasteiger partial charge in [-0.1, -0.05) is 0 Å². The molecule has 0 bridgehead atoms. The van der Waals surface area contributed by atoms with Crippen LogP contribution in [0.15, 0.2) is 35.1 Å². The van der Waals surface area contributed by atoms with Gasteiger partial charge in [-0.15, -0.1) is 0 Å². The van der Waals surface area contributed by atoms with Crippen molar-refractivity contribution in [2.24, 2.45) is 0 Å². The Morgan fingerprint density at radius 2 is 1.83 bits per heavy atom. The van der Waals surface area contributed by atoms with Gasteiger partial charge in [0.1, 0.15) is 0 Å². The zero-order valence-electron chi connectivity index (χ0n) is 7.28. The van der Waals surface area contributed by atoms with Crippen LogP contribution in [-0.2, 0) is 0 Å². The summed E-state index contributed by atoms with van der Waals surface area (Å²) in [5, 5.41) is 0. The van der Waals surface area contributed by atoms with E-state index >= 15 is 0 Å². The van der Waals surface area contributed by atoms with Gasteiger partial charge in [0.25, 0.3) is 0 Å². The minimum absolute atomic E-state index is 0.0197. The summed E-state index contributed by atoms with van der Waals surface area (Å²) in [5.41, 5.74) is -0.0197. The van der Waals surface area contributed by atoms with Crippen molar-refractivity contribution in [1.29, 1.82) is 0 Å². The number of rotatable bonds is 2. The van der Waals surface area contributed by atoms with Crippen molar-refractivity contribution in [3.05, 3.63) is 40.6 Å². The molecule has 2 nitrogen and oxygen atoms in total. The third-order valence-corrected chi connectivity index (χ3v) is 4.14. The van der Waals surface area contributed by atoms with Gasteiger partial charge in [0.05, 0.1) is 0 Å². The quantitative estimate of drug-likeness (QED) is 0.755. The first kappa shape index (κ1) is 9.70. The van der Waals surface area contributed by atoms with Crippen LogP contribution in [0.25, 0.3) is 0 Å². The Hall–Kier alpha value is -0.388. The van der Waals surface area contributed by atoms with Crippen LogP contribution in [0.4, 0.5) is 0 Å². The van der Waals surface area contributed by atoms with Crippen LogP contribution in [0.3, 0.4) is 0 Å². The van der Waals surface area contributed by atoms with Crippen molar-refractivity contribution in [1.82, 2.24) is 0 Å². The van der Waals surface area contributed by atoms with E-state index in [4.69, 9.17) is 2.69 Å². The summed E-state index contributed by atoms with van der Waals surface area (Å²) in [6.45, 7) is 0. The standard InChI is InChI=1S/C7H6O2.2CH3.Tl/c8-6-4-2-1-3-5-7(6)9;;;/h1-5H,(H,8,9);2*1H3;/q;;;+1/p-1. The molecule has 0 fully saturated rings. The molecule has 0 aromatic heterocycles. The molecular weight excluding hydrogens is 344 g/mol. The molecule has 0 aliphatic heterocycles. The molecule has 0 unspecified atom stereocenters. The first-order valence-electron chi connectivity index (χ1n) is 3.96. The second-order valence-corrected chi connectivity index (χ2v) is 11.9. The maximum atomic E-state index is 11.3. The SMILES string of the molecule is [CH3][Tl]([CH3])[O]c1cccccc1=O. The van der Waals surface area contributed by atoms with Crippen molar-refractivity contribution in [2.75, 3.05) is 0 Å². The van der Waals surface area contributed by atoms with Crippen LogP contribution >= 0.6 is 0 Å². The van der Waals surface area contributed by atoms with E-state index in [2.05, 4.69) is 8.97 Å². The zero-order chi connectivity index (χ0) is 8.97. The van der Waals surface area contributed by atoms with Crippen LogP contribution in [0.1, 0.15) is 0 Å². The molecule has 0 spiro atoms. The van der Waals surface area contributed by atoms with E-state index in [9.17, 15) is 4.79 Å². The van der Waals surface area contributed by atoms with Crippen LogP contribution in [-0.4, -0.2) is 23.2 Å². The van der Waals surface area contributed by atoms with Gasteiger partial charge in [0.2, 0.25) is 0 Å². The molecule has 1 aromatic rings. The van der Waals surface area contributed by atoms with E-state index in [1.807, 2.05) is 12.1 Å². The Kier molecular flexibility index (Phi) is 3.71. The average molecular weight is 356 g/mol. The van der Waals surface area contributed by atoms with Crippen LogP contribution in [0.5, 0.6) is 5.75 Å². The molecule has 0 aliphatic rings. The molecule has 0 amide bonds. The van der Waals surface area contributed by atoms with Crippen molar-refractivity contribution < 1.29 is 2.69 Å². The van der Waals surface area contributed by atoms with E-state index in [1.165, 1.54) is 6.07 Å². The summed E-state index contributed by atoms with van der Waals surface area (Å²) in [4.78, 5) is 11.3. The molecule has 1 rings (SSSR count). The fourth-order valence-corrected chi connectivity index (χ4v) is 3.60. The summed E-state index contributed by atoms with van der Waals surface area (Å²) >= 11 is -1.88. The van der Waals surface area contributed by atoms with Gasteiger partial charge in [-0.3, -0.25) is 0 Å². The molecule has 0 aliphatic carbocycles. The van der Waals surface area contributed by atoms with Gasteiger partial charge in [-0.25, -0.2) is 0 Å². The van der Waals surface area contributed by atoms with E-state index in [0.717, 1.165) is 0 Å². The first-order chi connectivity index (χ1) is 5.70. The Bertz CT molecular complexity index is 309. The van der Waals surface area contributed by atoms with Crippen molar-refractivity contribution in [3.63, 3.8) is 0 Å². The Morgan fingerprint density at radius 1 is 1.17 bits per heavy atom. The third-order valence-electron chi connectivity index (χ3n) is 1.32. The fourth-order valence-electron chi connectivity index (χ4n) is 0.866. The Labute approximate surface area is 81.0 Å². The second kappa shape index (κ2) is 4.59. The summed E-state index contributed by atoms with van der Waals surface area (Å²) in [6.07, 6.45) is 0. The molecule has 0 radical (unpaired) electrons. The van der Waals surface area contributed by atoms with E-state index in [-0.39, 0.29) is 5.43 Å². The van der Waals surface area contributed by atoms with E-state index in [0.29, 0.717) is 5.75 Å². The van der Waals surface area contributed by atoms with E-state index < -0.39 is 23.2 Å². The molecule has 0 N–H and O–H groups in total. The normalized spacial score (nSPS) is 9.17. The van der Waals surface area contributed by atoms with Gasteiger partial charge >= 0.3 is 81.1 Å². The third kappa shape index (κ3) is 2.92. The summed E-state index contributed by atoms with van der Waals surface area (Å²) < 4.78 is 9.75. The van der Waals surface area contributed by atoms with Gasteiger partial charge in [-0.2, -0.15) is 0 Å². The molecular formula is C9H11O2Tl. The predicted octanol–water partition coefficient (Wildman–Crippen LogP) is 1.68. The van der Waals surface area contributed by atoms with E-state index in [1.54, 1.807) is 12.1 Å². The zero-order valence-corrected chi connectivity index (χ0v) is 11.8. The van der Waals surface area contributed by atoms with Crippen LogP contribution < -0.4 is 8.12 Å². The Morgan fingerprint density at radius 3 is 2.50 bits per heavy atom. The molecule has 12 heavy (non-hydrogen) atoms. The summed E-state index contributed by atoms with van der Waals surface area (Å²) in [7, 11) is 0. The van der Waals surface area contributed by atoms with Crippen molar-refractivity contribution in [2.45, 2.75) is 8.97 Å². The monoisotopic (exact) mass is 356 g/mol.